The molecule has 4 aromatic heterocycles. The molecule has 0 aliphatic carbocycles. The van der Waals surface area contributed by atoms with Crippen LogP contribution in [0, 0.1) is 13.8 Å². The highest BCUT2D eigenvalue weighted by Gasteiger charge is 2.35. The lowest BCUT2D eigenvalue weighted by Crippen LogP contribution is -2.45. The number of hydrogen-bond donors (Lipinski definition) is 1. The Morgan fingerprint density at radius 3 is 2.79 bits per heavy atom. The highest BCUT2D eigenvalue weighted by Crippen LogP contribution is 2.31. The van der Waals surface area contributed by atoms with Gasteiger partial charge in [-0.2, -0.15) is 9.97 Å². The van der Waals surface area contributed by atoms with Crippen LogP contribution >= 0.6 is 0 Å². The standard InChI is InChI=1S/C23H20N8O3/c1-13-6-7-15(9-17(13)26-21(32)18-10-24-19-5-3-4-8-31(18)19)20-27-22(34-28-20)16-11-30(12-16)23-25-14(2)33-29-23/h3-10,16H,11-12H2,1-2H3,(H,26,32). The van der Waals surface area contributed by atoms with Gasteiger partial charge in [0, 0.05) is 37.5 Å². The molecule has 1 aliphatic rings. The van der Waals surface area contributed by atoms with Crippen molar-refractivity contribution in [2.24, 2.45) is 0 Å². The van der Waals surface area contributed by atoms with E-state index in [0.717, 1.165) is 11.1 Å². The fourth-order valence-corrected chi connectivity index (χ4v) is 3.92. The minimum Gasteiger partial charge on any atom is -0.339 e. The quantitative estimate of drug-likeness (QED) is 0.424. The van der Waals surface area contributed by atoms with E-state index in [1.54, 1.807) is 17.5 Å². The van der Waals surface area contributed by atoms with Crippen molar-refractivity contribution in [1.29, 1.82) is 0 Å². The van der Waals surface area contributed by atoms with E-state index in [1.807, 2.05) is 54.4 Å². The molecule has 1 aliphatic heterocycles. The van der Waals surface area contributed by atoms with Crippen LogP contribution in [0.15, 0.2) is 57.8 Å². The van der Waals surface area contributed by atoms with Crippen molar-refractivity contribution < 1.29 is 13.8 Å². The predicted octanol–water partition coefficient (Wildman–Crippen LogP) is 3.24. The molecule has 1 amide bonds. The van der Waals surface area contributed by atoms with Crippen LogP contribution in [0.4, 0.5) is 11.6 Å². The number of aryl methyl sites for hydroxylation is 2. The summed E-state index contributed by atoms with van der Waals surface area (Å²) in [5.41, 5.74) is 3.50. The van der Waals surface area contributed by atoms with E-state index >= 15 is 0 Å². The number of hydrogen-bond acceptors (Lipinski definition) is 9. The van der Waals surface area contributed by atoms with Crippen molar-refractivity contribution in [2.45, 2.75) is 19.8 Å². The van der Waals surface area contributed by atoms with Crippen LogP contribution in [0.25, 0.3) is 17.0 Å². The number of aromatic nitrogens is 6. The van der Waals surface area contributed by atoms with Gasteiger partial charge in [-0.05, 0) is 35.8 Å². The monoisotopic (exact) mass is 456 g/mol. The molecule has 1 N–H and O–H groups in total. The number of pyridine rings is 1. The van der Waals surface area contributed by atoms with E-state index in [0.29, 0.717) is 53.7 Å². The number of carbonyl (C=O) groups is 1. The summed E-state index contributed by atoms with van der Waals surface area (Å²) in [6, 6.07) is 11.3. The second-order valence-corrected chi connectivity index (χ2v) is 8.23. The van der Waals surface area contributed by atoms with Gasteiger partial charge < -0.3 is 19.3 Å². The topological polar surface area (TPSA) is 127 Å². The zero-order chi connectivity index (χ0) is 23.2. The van der Waals surface area contributed by atoms with Gasteiger partial charge in [0.2, 0.25) is 17.6 Å². The van der Waals surface area contributed by atoms with Crippen LogP contribution in [0.1, 0.15) is 33.8 Å². The first-order valence-corrected chi connectivity index (χ1v) is 10.8. The van der Waals surface area contributed by atoms with Gasteiger partial charge in [-0.1, -0.05) is 23.4 Å². The van der Waals surface area contributed by atoms with Crippen LogP contribution in [0.3, 0.4) is 0 Å². The van der Waals surface area contributed by atoms with Gasteiger partial charge in [-0.3, -0.25) is 9.20 Å². The van der Waals surface area contributed by atoms with Gasteiger partial charge in [0.05, 0.1) is 12.1 Å². The molecule has 1 saturated heterocycles. The van der Waals surface area contributed by atoms with E-state index in [4.69, 9.17) is 9.05 Å². The van der Waals surface area contributed by atoms with Crippen LogP contribution in [-0.4, -0.2) is 48.7 Å². The highest BCUT2D eigenvalue weighted by molar-refractivity contribution is 6.04. The molecule has 1 fully saturated rings. The molecule has 0 bridgehead atoms. The van der Waals surface area contributed by atoms with Crippen LogP contribution < -0.4 is 10.2 Å². The fraction of sp³-hybridized carbons (Fsp3) is 0.217. The van der Waals surface area contributed by atoms with Crippen molar-refractivity contribution in [3.8, 4) is 11.4 Å². The summed E-state index contributed by atoms with van der Waals surface area (Å²) in [6.07, 6.45) is 3.37. The third-order valence-electron chi connectivity index (χ3n) is 5.87. The number of benzene rings is 1. The second-order valence-electron chi connectivity index (χ2n) is 8.23. The lowest BCUT2D eigenvalue weighted by molar-refractivity contribution is 0.102. The molecule has 5 heterocycles. The van der Waals surface area contributed by atoms with Gasteiger partial charge in [0.25, 0.3) is 11.9 Å². The summed E-state index contributed by atoms with van der Waals surface area (Å²) in [5.74, 6) is 1.97. The Labute approximate surface area is 193 Å². The molecule has 5 aromatic rings. The second kappa shape index (κ2) is 7.80. The Morgan fingerprint density at radius 2 is 1.97 bits per heavy atom. The van der Waals surface area contributed by atoms with Gasteiger partial charge in [-0.15, -0.1) is 0 Å². The number of imidazole rings is 1. The average Bonchev–Trinajstić information content (AvgIpc) is 3.54. The fourth-order valence-electron chi connectivity index (χ4n) is 3.92. The molecular formula is C23H20N8O3. The lowest BCUT2D eigenvalue weighted by atomic mass is 10.0. The number of fused-ring (bicyclic) bond motifs is 1. The zero-order valence-corrected chi connectivity index (χ0v) is 18.5. The zero-order valence-electron chi connectivity index (χ0n) is 18.5. The molecular weight excluding hydrogens is 436 g/mol. The minimum atomic E-state index is -0.251. The van der Waals surface area contributed by atoms with E-state index in [1.165, 1.54) is 0 Å². The van der Waals surface area contributed by atoms with Gasteiger partial charge in [0.15, 0.2) is 0 Å². The number of amides is 1. The first-order valence-electron chi connectivity index (χ1n) is 10.8. The Bertz CT molecular complexity index is 1510. The van der Waals surface area contributed by atoms with E-state index in [9.17, 15) is 4.79 Å². The number of rotatable bonds is 5. The maximum Gasteiger partial charge on any atom is 0.274 e. The Morgan fingerprint density at radius 1 is 1.09 bits per heavy atom. The molecule has 0 radical (unpaired) electrons. The molecule has 34 heavy (non-hydrogen) atoms. The minimum absolute atomic E-state index is 0.0971. The van der Waals surface area contributed by atoms with Crippen LogP contribution in [0.5, 0.6) is 0 Å². The maximum atomic E-state index is 12.9. The van der Waals surface area contributed by atoms with E-state index < -0.39 is 0 Å². The molecule has 11 heteroatoms. The van der Waals surface area contributed by atoms with Gasteiger partial charge >= 0.3 is 0 Å². The van der Waals surface area contributed by atoms with E-state index in [2.05, 4.69) is 30.6 Å². The number of nitrogens with one attached hydrogen (secondary N) is 1. The summed E-state index contributed by atoms with van der Waals surface area (Å²) in [4.78, 5) is 28.0. The number of carbonyl (C=O) groups excluding carboxylic acids is 1. The van der Waals surface area contributed by atoms with Crippen molar-refractivity contribution in [3.63, 3.8) is 0 Å². The number of anilines is 2. The third kappa shape index (κ3) is 3.47. The first-order chi connectivity index (χ1) is 16.5. The smallest absolute Gasteiger partial charge is 0.274 e. The predicted molar refractivity (Wildman–Crippen MR) is 122 cm³/mol. The summed E-state index contributed by atoms with van der Waals surface area (Å²) >= 11 is 0. The SMILES string of the molecule is Cc1nc(N2CC(c3nc(-c4ccc(C)c(NC(=O)c5cnc6ccccn56)c4)no3)C2)no1. The van der Waals surface area contributed by atoms with Crippen LogP contribution in [-0.2, 0) is 0 Å². The molecule has 1 aromatic carbocycles. The van der Waals surface area contributed by atoms with E-state index in [-0.39, 0.29) is 11.8 Å². The Hall–Kier alpha value is -4.54. The summed E-state index contributed by atoms with van der Waals surface area (Å²) in [6.45, 7) is 5.04. The summed E-state index contributed by atoms with van der Waals surface area (Å²) < 4.78 is 12.3. The van der Waals surface area contributed by atoms with Crippen molar-refractivity contribution in [3.05, 3.63) is 71.8 Å². The molecule has 0 atom stereocenters. The maximum absolute atomic E-state index is 12.9. The van der Waals surface area contributed by atoms with Crippen molar-refractivity contribution >= 4 is 23.2 Å². The van der Waals surface area contributed by atoms with Gasteiger partial charge in [0.1, 0.15) is 11.3 Å². The highest BCUT2D eigenvalue weighted by atomic mass is 16.5. The Kier molecular flexibility index (Phi) is 4.61. The van der Waals surface area contributed by atoms with Crippen molar-refractivity contribution in [2.75, 3.05) is 23.3 Å². The normalized spacial score (nSPS) is 13.9. The average molecular weight is 456 g/mol. The molecule has 11 nitrogen and oxygen atoms in total. The summed E-state index contributed by atoms with van der Waals surface area (Å²) in [5, 5.41) is 11.1. The van der Waals surface area contributed by atoms with Gasteiger partial charge in [-0.25, -0.2) is 4.98 Å². The van der Waals surface area contributed by atoms with Crippen molar-refractivity contribution in [1.82, 2.24) is 29.7 Å². The van der Waals surface area contributed by atoms with Crippen LogP contribution in [0.2, 0.25) is 0 Å². The molecule has 0 saturated carbocycles. The molecule has 0 unspecified atom stereocenters. The first kappa shape index (κ1) is 20.1. The number of nitrogens with zero attached hydrogens (tertiary/aromatic N) is 7. The lowest BCUT2D eigenvalue weighted by Gasteiger charge is -2.35. The Balaban J connectivity index is 1.19. The largest absolute Gasteiger partial charge is 0.339 e. The molecule has 170 valence electrons. The summed E-state index contributed by atoms with van der Waals surface area (Å²) in [7, 11) is 0. The molecule has 6 rings (SSSR count). The molecule has 0 spiro atoms. The third-order valence-corrected chi connectivity index (χ3v) is 5.87.